The Morgan fingerprint density at radius 2 is 2.30 bits per heavy atom. The average Bonchev–Trinajstić information content (AvgIpc) is 3.27. The largest absolute Gasteiger partial charge is 0.419 e. The van der Waals surface area contributed by atoms with Crippen LogP contribution in [0.5, 0.6) is 0 Å². The van der Waals surface area contributed by atoms with Gasteiger partial charge in [0.2, 0.25) is 5.91 Å². The summed E-state index contributed by atoms with van der Waals surface area (Å²) in [5, 5.41) is 14.1. The topological polar surface area (TPSA) is 111 Å². The van der Waals surface area contributed by atoms with Gasteiger partial charge in [0.05, 0.1) is 16.5 Å². The molecular formula is C18H24N4O5. The van der Waals surface area contributed by atoms with Gasteiger partial charge in [0.25, 0.3) is 5.69 Å². The molecule has 0 saturated carbocycles. The van der Waals surface area contributed by atoms with Crippen LogP contribution >= 0.6 is 0 Å². The normalized spacial score (nSPS) is 16.7. The number of nitro groups is 1. The molecule has 146 valence electrons. The first-order valence-electron chi connectivity index (χ1n) is 9.29. The molecule has 1 unspecified atom stereocenters. The second-order valence-corrected chi connectivity index (χ2v) is 6.77. The number of carbonyl (C=O) groups excluding carboxylic acids is 1. The van der Waals surface area contributed by atoms with Crippen molar-refractivity contribution in [1.82, 2.24) is 14.8 Å². The van der Waals surface area contributed by atoms with Gasteiger partial charge < -0.3 is 14.6 Å². The number of nitro benzene ring substituents is 1. The Balaban J connectivity index is 1.65. The molecule has 1 aromatic carbocycles. The molecule has 2 heterocycles. The summed E-state index contributed by atoms with van der Waals surface area (Å²) in [7, 11) is 0. The lowest BCUT2D eigenvalue weighted by atomic mass is 10.1. The van der Waals surface area contributed by atoms with Crippen LogP contribution < -0.4 is 11.1 Å². The zero-order valence-corrected chi connectivity index (χ0v) is 15.3. The number of aromatic nitrogens is 1. The lowest BCUT2D eigenvalue weighted by Crippen LogP contribution is -2.42. The van der Waals surface area contributed by atoms with E-state index in [0.29, 0.717) is 24.9 Å². The quantitative estimate of drug-likeness (QED) is 0.556. The van der Waals surface area contributed by atoms with Crippen molar-refractivity contribution in [3.05, 3.63) is 38.9 Å². The molecule has 0 aliphatic carbocycles. The van der Waals surface area contributed by atoms with E-state index in [9.17, 15) is 19.7 Å². The van der Waals surface area contributed by atoms with Crippen LogP contribution in [0.2, 0.25) is 0 Å². The van der Waals surface area contributed by atoms with Crippen LogP contribution in [0.1, 0.15) is 32.6 Å². The van der Waals surface area contributed by atoms with Crippen LogP contribution in [0.4, 0.5) is 5.69 Å². The fourth-order valence-corrected chi connectivity index (χ4v) is 3.57. The minimum atomic E-state index is -0.566. The van der Waals surface area contributed by atoms with Crippen LogP contribution in [0.3, 0.4) is 0 Å². The molecule has 0 bridgehead atoms. The van der Waals surface area contributed by atoms with Crippen molar-refractivity contribution in [3.63, 3.8) is 0 Å². The summed E-state index contributed by atoms with van der Waals surface area (Å²) in [4.78, 5) is 36.9. The zero-order valence-electron chi connectivity index (χ0n) is 15.3. The van der Waals surface area contributed by atoms with Crippen molar-refractivity contribution >= 4 is 22.7 Å². The number of nitrogens with one attached hydrogen (secondary N) is 1. The minimum absolute atomic E-state index is 0.0991. The Hall–Kier alpha value is -2.68. The van der Waals surface area contributed by atoms with Gasteiger partial charge in [-0.15, -0.1) is 0 Å². The number of fused-ring (bicyclic) bond motifs is 1. The number of hydrogen-bond donors (Lipinski definition) is 1. The number of benzene rings is 1. The first-order chi connectivity index (χ1) is 13.0. The van der Waals surface area contributed by atoms with Crippen molar-refractivity contribution in [2.24, 2.45) is 0 Å². The fraction of sp³-hybridized carbons (Fsp3) is 0.556. The first kappa shape index (κ1) is 19.1. The third-order valence-electron chi connectivity index (χ3n) is 4.89. The maximum absolute atomic E-state index is 12.6. The molecule has 1 aliphatic rings. The highest BCUT2D eigenvalue weighted by atomic mass is 16.6. The standard InChI is InChI=1S/C18H24N4O5/c1-2-9-20(14-7-8-19-12-14)17(23)4-3-10-21-15-6-5-13(22(25)26)11-16(15)27-18(21)24/h5-6,11,14,19H,2-4,7-10,12H2,1H3. The highest BCUT2D eigenvalue weighted by Crippen LogP contribution is 2.20. The van der Waals surface area contributed by atoms with Crippen LogP contribution in [-0.2, 0) is 11.3 Å². The van der Waals surface area contributed by atoms with E-state index in [1.54, 1.807) is 0 Å². The summed E-state index contributed by atoms with van der Waals surface area (Å²) in [6.07, 6.45) is 2.73. The van der Waals surface area contributed by atoms with Gasteiger partial charge in [-0.05, 0) is 31.9 Å². The summed E-state index contributed by atoms with van der Waals surface area (Å²) in [6.45, 7) is 4.89. The van der Waals surface area contributed by atoms with Gasteiger partial charge in [-0.2, -0.15) is 0 Å². The molecule has 0 radical (unpaired) electrons. The number of nitrogens with zero attached hydrogens (tertiary/aromatic N) is 3. The van der Waals surface area contributed by atoms with E-state index in [-0.39, 0.29) is 23.2 Å². The molecule has 2 aromatic rings. The summed E-state index contributed by atoms with van der Waals surface area (Å²) in [5.74, 6) is -0.467. The number of aryl methyl sites for hydroxylation is 1. The smallest absolute Gasteiger partial charge is 0.407 e. The Bertz CT molecular complexity index is 881. The van der Waals surface area contributed by atoms with Gasteiger partial charge in [0, 0.05) is 38.2 Å². The average molecular weight is 376 g/mol. The van der Waals surface area contributed by atoms with E-state index in [4.69, 9.17) is 4.42 Å². The molecule has 1 atom stereocenters. The van der Waals surface area contributed by atoms with E-state index in [1.807, 2.05) is 4.90 Å². The zero-order chi connectivity index (χ0) is 19.4. The third-order valence-corrected chi connectivity index (χ3v) is 4.89. The highest BCUT2D eigenvalue weighted by molar-refractivity contribution is 5.77. The second-order valence-electron chi connectivity index (χ2n) is 6.77. The van der Waals surface area contributed by atoms with Crippen LogP contribution in [-0.4, -0.2) is 46.0 Å². The van der Waals surface area contributed by atoms with Crippen molar-refractivity contribution in [2.45, 2.75) is 45.2 Å². The maximum Gasteiger partial charge on any atom is 0.419 e. The SMILES string of the molecule is CCCN(C(=O)CCCn1c(=O)oc2cc([N+](=O)[O-])ccc21)C1CCNC1. The molecule has 1 saturated heterocycles. The van der Waals surface area contributed by atoms with Crippen molar-refractivity contribution in [1.29, 1.82) is 0 Å². The van der Waals surface area contributed by atoms with Crippen molar-refractivity contribution < 1.29 is 14.1 Å². The van der Waals surface area contributed by atoms with Crippen molar-refractivity contribution in [3.8, 4) is 0 Å². The summed E-state index contributed by atoms with van der Waals surface area (Å²) in [6, 6.07) is 4.34. The Morgan fingerprint density at radius 1 is 1.48 bits per heavy atom. The van der Waals surface area contributed by atoms with E-state index in [1.165, 1.54) is 22.8 Å². The molecule has 1 fully saturated rings. The van der Waals surface area contributed by atoms with E-state index < -0.39 is 10.7 Å². The lowest BCUT2D eigenvalue weighted by molar-refractivity contribution is -0.384. The molecule has 3 rings (SSSR count). The summed E-state index contributed by atoms with van der Waals surface area (Å²) < 4.78 is 6.54. The van der Waals surface area contributed by atoms with E-state index in [2.05, 4.69) is 12.2 Å². The Morgan fingerprint density at radius 3 is 2.96 bits per heavy atom. The van der Waals surface area contributed by atoms with Gasteiger partial charge in [0.1, 0.15) is 0 Å². The predicted octanol–water partition coefficient (Wildman–Crippen LogP) is 1.88. The Kier molecular flexibility index (Phi) is 5.90. The van der Waals surface area contributed by atoms with Crippen molar-refractivity contribution in [2.75, 3.05) is 19.6 Å². The van der Waals surface area contributed by atoms with Crippen LogP contribution in [0, 0.1) is 10.1 Å². The maximum atomic E-state index is 12.6. The lowest BCUT2D eigenvalue weighted by Gasteiger charge is -2.28. The van der Waals surface area contributed by atoms with Crippen LogP contribution in [0.15, 0.2) is 27.4 Å². The molecule has 27 heavy (non-hydrogen) atoms. The third kappa shape index (κ3) is 4.19. The molecular weight excluding hydrogens is 352 g/mol. The molecule has 9 nitrogen and oxygen atoms in total. The minimum Gasteiger partial charge on any atom is -0.407 e. The van der Waals surface area contributed by atoms with E-state index >= 15 is 0 Å². The van der Waals surface area contributed by atoms with Gasteiger partial charge >= 0.3 is 5.76 Å². The molecule has 1 aliphatic heterocycles. The summed E-state index contributed by atoms with van der Waals surface area (Å²) in [5.41, 5.74) is 0.563. The highest BCUT2D eigenvalue weighted by Gasteiger charge is 2.25. The molecule has 9 heteroatoms. The van der Waals surface area contributed by atoms with E-state index in [0.717, 1.165) is 32.5 Å². The number of non-ortho nitro benzene ring substituents is 1. The first-order valence-corrected chi connectivity index (χ1v) is 9.29. The number of amides is 1. The van der Waals surface area contributed by atoms with Gasteiger partial charge in [0.15, 0.2) is 5.58 Å². The monoisotopic (exact) mass is 376 g/mol. The number of rotatable bonds is 8. The number of oxazole rings is 1. The molecule has 0 spiro atoms. The Labute approximate surface area is 156 Å². The second kappa shape index (κ2) is 8.34. The van der Waals surface area contributed by atoms with Gasteiger partial charge in [-0.3, -0.25) is 19.5 Å². The summed E-state index contributed by atoms with van der Waals surface area (Å²) >= 11 is 0. The van der Waals surface area contributed by atoms with Gasteiger partial charge in [-0.25, -0.2) is 4.79 Å². The predicted molar refractivity (Wildman–Crippen MR) is 99.6 cm³/mol. The van der Waals surface area contributed by atoms with Gasteiger partial charge in [-0.1, -0.05) is 6.92 Å². The fourth-order valence-electron chi connectivity index (χ4n) is 3.57. The number of hydrogen-bond acceptors (Lipinski definition) is 6. The van der Waals surface area contributed by atoms with Crippen LogP contribution in [0.25, 0.3) is 11.1 Å². The molecule has 1 N–H and O–H groups in total. The number of carbonyl (C=O) groups is 1. The molecule has 1 amide bonds. The molecule has 1 aromatic heterocycles.